The van der Waals surface area contributed by atoms with Crippen molar-refractivity contribution >= 4 is 35.2 Å². The second-order valence-electron chi connectivity index (χ2n) is 6.51. The van der Waals surface area contributed by atoms with Crippen molar-refractivity contribution in [1.82, 2.24) is 10.6 Å². The van der Waals surface area contributed by atoms with Crippen molar-refractivity contribution in [2.24, 2.45) is 0 Å². The van der Waals surface area contributed by atoms with Crippen molar-refractivity contribution in [3.05, 3.63) is 116 Å². The van der Waals surface area contributed by atoms with Crippen LogP contribution >= 0.6 is 11.6 Å². The summed E-state index contributed by atoms with van der Waals surface area (Å²) < 4.78 is 0. The van der Waals surface area contributed by atoms with Crippen LogP contribution in [0.4, 0.5) is 5.69 Å². The minimum absolute atomic E-state index is 0.0682. The van der Waals surface area contributed by atoms with E-state index in [9.17, 15) is 19.7 Å². The lowest BCUT2D eigenvalue weighted by atomic mass is 10.1. The fourth-order valence-corrected chi connectivity index (χ4v) is 2.98. The number of benzene rings is 3. The van der Waals surface area contributed by atoms with Crippen molar-refractivity contribution in [1.29, 1.82) is 0 Å². The van der Waals surface area contributed by atoms with Crippen LogP contribution in [0.1, 0.15) is 21.5 Å². The van der Waals surface area contributed by atoms with Gasteiger partial charge in [0.1, 0.15) is 5.70 Å². The molecule has 2 N–H and O–H groups in total. The van der Waals surface area contributed by atoms with Gasteiger partial charge in [-0.05, 0) is 29.3 Å². The molecule has 2 amide bonds. The van der Waals surface area contributed by atoms with Crippen molar-refractivity contribution < 1.29 is 14.5 Å². The third kappa shape index (κ3) is 6.01. The Morgan fingerprint density at radius 3 is 2.39 bits per heavy atom. The average molecular weight is 436 g/mol. The molecule has 0 aliphatic heterocycles. The highest BCUT2D eigenvalue weighted by atomic mass is 35.5. The van der Waals surface area contributed by atoms with Gasteiger partial charge >= 0.3 is 0 Å². The van der Waals surface area contributed by atoms with Gasteiger partial charge in [0.05, 0.1) is 15.5 Å². The molecule has 0 saturated heterocycles. The first-order chi connectivity index (χ1) is 14.9. The molecule has 0 heterocycles. The number of hydrogen-bond donors (Lipinski definition) is 2. The first-order valence-corrected chi connectivity index (χ1v) is 9.66. The Labute approximate surface area is 183 Å². The number of carbonyl (C=O) groups is 2. The Bertz CT molecular complexity index is 1150. The van der Waals surface area contributed by atoms with E-state index in [1.807, 2.05) is 30.3 Å². The second kappa shape index (κ2) is 10.2. The van der Waals surface area contributed by atoms with Gasteiger partial charge in [-0.1, -0.05) is 66.2 Å². The molecule has 7 nitrogen and oxygen atoms in total. The minimum Gasteiger partial charge on any atom is -0.347 e. The number of nitrogens with one attached hydrogen (secondary N) is 2. The van der Waals surface area contributed by atoms with E-state index in [0.29, 0.717) is 5.56 Å². The smallest absolute Gasteiger partial charge is 0.270 e. The summed E-state index contributed by atoms with van der Waals surface area (Å²) in [5, 5.41) is 16.6. The Morgan fingerprint density at radius 2 is 1.68 bits per heavy atom. The lowest BCUT2D eigenvalue weighted by Gasteiger charge is -2.12. The van der Waals surface area contributed by atoms with Crippen LogP contribution in [0, 0.1) is 10.1 Å². The molecular formula is C23H18ClN3O4. The first-order valence-electron chi connectivity index (χ1n) is 9.28. The van der Waals surface area contributed by atoms with E-state index < -0.39 is 16.7 Å². The zero-order valence-electron chi connectivity index (χ0n) is 16.2. The number of halogens is 1. The number of rotatable bonds is 7. The molecule has 31 heavy (non-hydrogen) atoms. The van der Waals surface area contributed by atoms with Gasteiger partial charge in [-0.2, -0.15) is 0 Å². The summed E-state index contributed by atoms with van der Waals surface area (Å²) in [4.78, 5) is 36.0. The highest BCUT2D eigenvalue weighted by Crippen LogP contribution is 2.17. The van der Waals surface area contributed by atoms with Crippen LogP contribution in [0.15, 0.2) is 84.6 Å². The molecule has 0 spiro atoms. The minimum atomic E-state index is -0.572. The molecule has 156 valence electrons. The van der Waals surface area contributed by atoms with E-state index in [1.165, 1.54) is 30.3 Å². The molecule has 3 aromatic rings. The van der Waals surface area contributed by atoms with E-state index in [1.54, 1.807) is 24.3 Å². The van der Waals surface area contributed by atoms with Crippen LogP contribution in [-0.2, 0) is 11.3 Å². The lowest BCUT2D eigenvalue weighted by Crippen LogP contribution is -2.34. The van der Waals surface area contributed by atoms with Crippen LogP contribution in [0.25, 0.3) is 6.08 Å². The number of non-ortho nitro benzene ring substituents is 1. The fourth-order valence-electron chi connectivity index (χ4n) is 2.76. The third-order valence-corrected chi connectivity index (χ3v) is 4.63. The number of amides is 2. The number of nitro groups is 1. The zero-order chi connectivity index (χ0) is 22.2. The number of hydrogen-bond acceptors (Lipinski definition) is 4. The molecule has 0 saturated carbocycles. The monoisotopic (exact) mass is 435 g/mol. The quantitative estimate of drug-likeness (QED) is 0.327. The summed E-state index contributed by atoms with van der Waals surface area (Å²) >= 11 is 6.08. The highest BCUT2D eigenvalue weighted by molar-refractivity contribution is 6.34. The Balaban J connectivity index is 1.88. The lowest BCUT2D eigenvalue weighted by molar-refractivity contribution is -0.384. The molecule has 0 aromatic heterocycles. The molecule has 0 bridgehead atoms. The SMILES string of the molecule is O=C(NCc1ccccc1)/C(=C\c1cccc([N+](=O)[O-])c1)NC(=O)c1ccccc1Cl. The van der Waals surface area contributed by atoms with Crippen LogP contribution in [-0.4, -0.2) is 16.7 Å². The molecule has 0 fully saturated rings. The van der Waals surface area contributed by atoms with Crippen molar-refractivity contribution in [2.75, 3.05) is 0 Å². The van der Waals surface area contributed by atoms with Crippen LogP contribution < -0.4 is 10.6 Å². The van der Waals surface area contributed by atoms with Gasteiger partial charge in [-0.15, -0.1) is 0 Å². The summed E-state index contributed by atoms with van der Waals surface area (Å²) in [7, 11) is 0. The van der Waals surface area contributed by atoms with Gasteiger partial charge < -0.3 is 10.6 Å². The highest BCUT2D eigenvalue weighted by Gasteiger charge is 2.17. The van der Waals surface area contributed by atoms with Gasteiger partial charge in [0.2, 0.25) is 0 Å². The van der Waals surface area contributed by atoms with Crippen molar-refractivity contribution in [2.45, 2.75) is 6.54 Å². The summed E-state index contributed by atoms with van der Waals surface area (Å²) in [6, 6.07) is 21.5. The van der Waals surface area contributed by atoms with E-state index in [-0.39, 0.29) is 28.5 Å². The summed E-state index contributed by atoms with van der Waals surface area (Å²) in [6.07, 6.45) is 1.38. The molecule has 0 atom stereocenters. The van der Waals surface area contributed by atoms with E-state index in [0.717, 1.165) is 5.56 Å². The maximum atomic E-state index is 12.8. The van der Waals surface area contributed by atoms with Gasteiger partial charge in [0.25, 0.3) is 17.5 Å². The predicted molar refractivity (Wildman–Crippen MR) is 118 cm³/mol. The normalized spacial score (nSPS) is 10.9. The van der Waals surface area contributed by atoms with Gasteiger partial charge in [0, 0.05) is 18.7 Å². The zero-order valence-corrected chi connectivity index (χ0v) is 17.0. The molecule has 0 aliphatic carbocycles. The summed E-state index contributed by atoms with van der Waals surface area (Å²) in [5.74, 6) is -1.12. The Morgan fingerprint density at radius 1 is 0.968 bits per heavy atom. The van der Waals surface area contributed by atoms with Gasteiger partial charge in [0.15, 0.2) is 0 Å². The van der Waals surface area contributed by atoms with Gasteiger partial charge in [-0.25, -0.2) is 0 Å². The number of carbonyl (C=O) groups excluding carboxylic acids is 2. The van der Waals surface area contributed by atoms with Gasteiger partial charge in [-0.3, -0.25) is 19.7 Å². The Hall–Kier alpha value is -3.97. The standard InChI is InChI=1S/C23H18ClN3O4/c24-20-12-5-4-11-19(20)22(28)26-21(14-17-9-6-10-18(13-17)27(30)31)23(29)25-15-16-7-2-1-3-8-16/h1-14H,15H2,(H,25,29)(H,26,28)/b21-14+. The van der Waals surface area contributed by atoms with Crippen molar-refractivity contribution in [3.8, 4) is 0 Å². The second-order valence-corrected chi connectivity index (χ2v) is 6.92. The van der Waals surface area contributed by atoms with Crippen molar-refractivity contribution in [3.63, 3.8) is 0 Å². The summed E-state index contributed by atoms with van der Waals surface area (Å²) in [5.41, 5.74) is 1.27. The van der Waals surface area contributed by atoms with E-state index in [4.69, 9.17) is 11.6 Å². The number of nitro benzene ring substituents is 1. The molecule has 0 aliphatic rings. The fraction of sp³-hybridized carbons (Fsp3) is 0.0435. The summed E-state index contributed by atoms with van der Waals surface area (Å²) in [6.45, 7) is 0.244. The molecule has 3 rings (SSSR count). The maximum Gasteiger partial charge on any atom is 0.270 e. The van der Waals surface area contributed by atoms with Crippen LogP contribution in [0.3, 0.4) is 0 Å². The Kier molecular flexibility index (Phi) is 7.13. The molecular weight excluding hydrogens is 418 g/mol. The van der Waals surface area contributed by atoms with Crippen LogP contribution in [0.2, 0.25) is 5.02 Å². The first kappa shape index (κ1) is 21.7. The largest absolute Gasteiger partial charge is 0.347 e. The van der Waals surface area contributed by atoms with E-state index in [2.05, 4.69) is 10.6 Å². The van der Waals surface area contributed by atoms with E-state index >= 15 is 0 Å². The topological polar surface area (TPSA) is 101 Å². The molecule has 3 aromatic carbocycles. The predicted octanol–water partition coefficient (Wildman–Crippen LogP) is 4.34. The third-order valence-electron chi connectivity index (χ3n) is 4.30. The maximum absolute atomic E-state index is 12.8. The molecule has 0 radical (unpaired) electrons. The average Bonchev–Trinajstić information content (AvgIpc) is 2.78. The molecule has 0 unspecified atom stereocenters. The molecule has 8 heteroatoms. The number of nitrogens with zero attached hydrogens (tertiary/aromatic N) is 1. The van der Waals surface area contributed by atoms with Crippen LogP contribution in [0.5, 0.6) is 0 Å².